The van der Waals surface area contributed by atoms with Crippen LogP contribution in [0, 0.1) is 5.82 Å². The zero-order valence-corrected chi connectivity index (χ0v) is 11.6. The maximum Gasteiger partial charge on any atom is 0.431 e. The normalized spacial score (nSPS) is 16.4. The number of hydrogen-bond donors (Lipinski definition) is 2. The summed E-state index contributed by atoms with van der Waals surface area (Å²) in [7, 11) is 0. The summed E-state index contributed by atoms with van der Waals surface area (Å²) >= 11 is 0. The van der Waals surface area contributed by atoms with Gasteiger partial charge in [0, 0.05) is 0 Å². The molecule has 0 fully saturated rings. The number of rotatable bonds is 2. The van der Waals surface area contributed by atoms with Crippen molar-refractivity contribution in [2.45, 2.75) is 25.9 Å². The second-order valence-corrected chi connectivity index (χ2v) is 4.94. The first-order valence-electron chi connectivity index (χ1n) is 6.46. The van der Waals surface area contributed by atoms with Crippen LogP contribution in [0.25, 0.3) is 5.70 Å². The van der Waals surface area contributed by atoms with E-state index < -0.39 is 23.7 Å². The lowest BCUT2D eigenvalue weighted by molar-refractivity contribution is -0.132. The first-order chi connectivity index (χ1) is 10.2. The molecular weight excluding hydrogens is 302 g/mol. The molecule has 1 aromatic rings. The van der Waals surface area contributed by atoms with E-state index in [4.69, 9.17) is 0 Å². The zero-order valence-electron chi connectivity index (χ0n) is 11.6. The van der Waals surface area contributed by atoms with Crippen LogP contribution in [0.1, 0.15) is 25.3 Å². The Balaban J connectivity index is 2.57. The first-order valence-corrected chi connectivity index (χ1v) is 6.46. The Morgan fingerprint density at radius 2 is 1.77 bits per heavy atom. The molecule has 1 aliphatic heterocycles. The van der Waals surface area contributed by atoms with E-state index in [1.54, 1.807) is 0 Å². The summed E-state index contributed by atoms with van der Waals surface area (Å²) < 4.78 is 52.3. The van der Waals surface area contributed by atoms with Gasteiger partial charge in [0.1, 0.15) is 11.5 Å². The van der Waals surface area contributed by atoms with Crippen LogP contribution in [0.5, 0.6) is 0 Å². The summed E-state index contributed by atoms with van der Waals surface area (Å²) in [6, 6.07) is 4.63. The lowest BCUT2D eigenvalue weighted by Gasteiger charge is -2.18. The van der Waals surface area contributed by atoms with E-state index in [0.717, 1.165) is 12.1 Å². The molecule has 118 valence electrons. The van der Waals surface area contributed by atoms with E-state index in [0.29, 0.717) is 0 Å². The van der Waals surface area contributed by atoms with Gasteiger partial charge in [-0.15, -0.1) is 0 Å². The summed E-state index contributed by atoms with van der Waals surface area (Å²) in [6.07, 6.45) is -4.68. The second-order valence-electron chi connectivity index (χ2n) is 4.94. The Labute approximate surface area is 123 Å². The Morgan fingerprint density at radius 3 is 2.27 bits per heavy atom. The fourth-order valence-electron chi connectivity index (χ4n) is 2.26. The number of carboxylic acids is 1. The molecule has 0 atom stereocenters. The van der Waals surface area contributed by atoms with Crippen LogP contribution in [0.3, 0.4) is 0 Å². The highest BCUT2D eigenvalue weighted by molar-refractivity contribution is 5.96. The quantitative estimate of drug-likeness (QED) is 0.815. The highest BCUT2D eigenvalue weighted by Gasteiger charge is 2.38. The fourth-order valence-corrected chi connectivity index (χ4v) is 2.26. The summed E-state index contributed by atoms with van der Waals surface area (Å²) in [5.41, 5.74) is -1.07. The van der Waals surface area contributed by atoms with Crippen LogP contribution >= 0.6 is 0 Å². The third-order valence-electron chi connectivity index (χ3n) is 3.40. The van der Waals surface area contributed by atoms with Gasteiger partial charge in [-0.1, -0.05) is 0 Å². The molecule has 7 heteroatoms. The minimum absolute atomic E-state index is 0.0197. The van der Waals surface area contributed by atoms with Crippen LogP contribution in [-0.4, -0.2) is 17.3 Å². The minimum atomic E-state index is -4.62. The van der Waals surface area contributed by atoms with Crippen LogP contribution in [-0.2, 0) is 4.79 Å². The second kappa shape index (κ2) is 5.82. The summed E-state index contributed by atoms with van der Waals surface area (Å²) in [5.74, 6) is -1.86. The molecule has 2 rings (SSSR count). The van der Waals surface area contributed by atoms with Crippen molar-refractivity contribution >= 4 is 11.7 Å². The Hall–Kier alpha value is -2.31. The lowest BCUT2D eigenvalue weighted by atomic mass is 10.0. The molecule has 0 radical (unpaired) electrons. The van der Waals surface area contributed by atoms with Gasteiger partial charge in [0.15, 0.2) is 0 Å². The molecule has 0 saturated heterocycles. The van der Waals surface area contributed by atoms with Crippen molar-refractivity contribution in [2.24, 2.45) is 0 Å². The molecule has 2 N–H and O–H groups in total. The fraction of sp³-hybridized carbons (Fsp3) is 0.267. The number of carbonyl (C=O) groups is 1. The molecule has 22 heavy (non-hydrogen) atoms. The van der Waals surface area contributed by atoms with Crippen molar-refractivity contribution < 1.29 is 27.5 Å². The lowest BCUT2D eigenvalue weighted by Crippen LogP contribution is -2.27. The van der Waals surface area contributed by atoms with Crippen molar-refractivity contribution in [3.05, 3.63) is 52.5 Å². The molecule has 0 aliphatic carbocycles. The molecule has 1 heterocycles. The van der Waals surface area contributed by atoms with E-state index in [9.17, 15) is 27.5 Å². The third kappa shape index (κ3) is 3.29. The van der Waals surface area contributed by atoms with Gasteiger partial charge < -0.3 is 10.4 Å². The van der Waals surface area contributed by atoms with Crippen molar-refractivity contribution in [3.8, 4) is 0 Å². The van der Waals surface area contributed by atoms with Gasteiger partial charge in [-0.25, -0.2) is 9.18 Å². The monoisotopic (exact) mass is 315 g/mol. The molecule has 1 aliphatic rings. The van der Waals surface area contributed by atoms with Gasteiger partial charge in [0.25, 0.3) is 0 Å². The highest BCUT2D eigenvalue weighted by Crippen LogP contribution is 2.34. The molecule has 0 spiro atoms. The van der Waals surface area contributed by atoms with Crippen molar-refractivity contribution in [2.75, 3.05) is 0 Å². The summed E-state index contributed by atoms with van der Waals surface area (Å²) in [4.78, 5) is 11.3. The SMILES string of the molecule is CC1=C(C(F)(F)F)NC(c2ccc(F)cc2)=C(C(=O)O)CC1. The van der Waals surface area contributed by atoms with E-state index in [1.165, 1.54) is 19.1 Å². The maximum absolute atomic E-state index is 13.1. The maximum atomic E-state index is 13.1. The molecule has 3 nitrogen and oxygen atoms in total. The van der Waals surface area contributed by atoms with Gasteiger partial charge in [-0.2, -0.15) is 13.2 Å². The summed E-state index contributed by atoms with van der Waals surface area (Å²) in [5, 5.41) is 11.5. The molecular formula is C15H13F4NO2. The van der Waals surface area contributed by atoms with Crippen LogP contribution in [0.2, 0.25) is 0 Å². The van der Waals surface area contributed by atoms with Gasteiger partial charge in [0.05, 0.1) is 11.3 Å². The largest absolute Gasteiger partial charge is 0.478 e. The smallest absolute Gasteiger partial charge is 0.431 e. The van der Waals surface area contributed by atoms with Crippen molar-refractivity contribution in [3.63, 3.8) is 0 Å². The van der Waals surface area contributed by atoms with Crippen molar-refractivity contribution in [1.29, 1.82) is 0 Å². The predicted molar refractivity (Wildman–Crippen MR) is 72.1 cm³/mol. The third-order valence-corrected chi connectivity index (χ3v) is 3.40. The van der Waals surface area contributed by atoms with Crippen LogP contribution in [0.4, 0.5) is 17.6 Å². The van der Waals surface area contributed by atoms with Crippen LogP contribution < -0.4 is 5.32 Å². The Morgan fingerprint density at radius 1 is 1.18 bits per heavy atom. The first kappa shape index (κ1) is 16.1. The number of benzene rings is 1. The van der Waals surface area contributed by atoms with Gasteiger partial charge in [-0.3, -0.25) is 0 Å². The van der Waals surface area contributed by atoms with Gasteiger partial charge in [-0.05, 0) is 55.2 Å². The Kier molecular flexibility index (Phi) is 4.25. The van der Waals surface area contributed by atoms with E-state index in [2.05, 4.69) is 5.32 Å². The molecule has 0 amide bonds. The van der Waals surface area contributed by atoms with E-state index in [1.807, 2.05) is 0 Å². The number of nitrogens with one attached hydrogen (secondary N) is 1. The molecule has 0 unspecified atom stereocenters. The highest BCUT2D eigenvalue weighted by atomic mass is 19.4. The number of allylic oxidation sites excluding steroid dienone is 2. The van der Waals surface area contributed by atoms with Crippen LogP contribution in [0.15, 0.2) is 41.1 Å². The molecule has 0 aromatic heterocycles. The average molecular weight is 315 g/mol. The predicted octanol–water partition coefficient (Wildman–Crippen LogP) is 3.84. The van der Waals surface area contributed by atoms with E-state index >= 15 is 0 Å². The minimum Gasteiger partial charge on any atom is -0.478 e. The molecule has 0 saturated carbocycles. The standard InChI is InChI=1S/C15H13F4NO2/c1-8-2-7-11(14(21)22)12(20-13(8)15(17,18)19)9-3-5-10(16)6-4-9/h3-6,20H,2,7H2,1H3,(H,21,22). The Bertz CT molecular complexity index is 657. The molecule has 0 bridgehead atoms. The average Bonchev–Trinajstić information content (AvgIpc) is 2.58. The zero-order chi connectivity index (χ0) is 16.5. The number of halogens is 4. The number of hydrogen-bond acceptors (Lipinski definition) is 2. The molecule has 1 aromatic carbocycles. The van der Waals surface area contributed by atoms with E-state index in [-0.39, 0.29) is 35.2 Å². The topological polar surface area (TPSA) is 49.3 Å². The number of carboxylic acid groups (broad SMARTS) is 1. The summed E-state index contributed by atoms with van der Waals surface area (Å²) in [6.45, 7) is 1.31. The number of aliphatic carboxylic acids is 1. The van der Waals surface area contributed by atoms with Crippen molar-refractivity contribution in [1.82, 2.24) is 5.32 Å². The number of alkyl halides is 3. The van der Waals surface area contributed by atoms with Gasteiger partial charge >= 0.3 is 12.1 Å². The van der Waals surface area contributed by atoms with Gasteiger partial charge in [0.2, 0.25) is 0 Å².